The lowest BCUT2D eigenvalue weighted by Crippen LogP contribution is -2.26. The van der Waals surface area contributed by atoms with Crippen molar-refractivity contribution in [1.82, 2.24) is 10.0 Å². The minimum absolute atomic E-state index is 0.0177. The molecule has 0 bridgehead atoms. The van der Waals surface area contributed by atoms with E-state index in [-0.39, 0.29) is 10.9 Å². The Kier molecular flexibility index (Phi) is 3.99. The topological polar surface area (TPSA) is 58.2 Å². The van der Waals surface area contributed by atoms with Crippen molar-refractivity contribution in [2.24, 2.45) is 0 Å². The first-order valence-electron chi connectivity index (χ1n) is 6.04. The van der Waals surface area contributed by atoms with E-state index in [1.54, 1.807) is 6.07 Å². The number of hydrogen-bond acceptors (Lipinski definition) is 3. The smallest absolute Gasteiger partial charge is 0.243 e. The molecule has 2 rings (SSSR count). The minimum Gasteiger partial charge on any atom is -0.313 e. The van der Waals surface area contributed by atoms with E-state index >= 15 is 0 Å². The summed E-state index contributed by atoms with van der Waals surface area (Å²) in [4.78, 5) is -0.269. The van der Waals surface area contributed by atoms with E-state index in [2.05, 4.69) is 10.0 Å². The third-order valence-corrected chi connectivity index (χ3v) is 4.32. The first-order valence-corrected chi connectivity index (χ1v) is 7.52. The largest absolute Gasteiger partial charge is 0.313 e. The molecule has 100 valence electrons. The fraction of sp³-hybridized carbons (Fsp3) is 0.500. The lowest BCUT2D eigenvalue weighted by molar-refractivity contribution is 0.555. The molecular formula is C12H17FN2O2S. The molecule has 0 radical (unpaired) electrons. The SMILES string of the molecule is CCNCc1ccc(S(=O)(=O)NC2CC2)c(F)c1. The van der Waals surface area contributed by atoms with Gasteiger partial charge in [-0.15, -0.1) is 0 Å². The van der Waals surface area contributed by atoms with Gasteiger partial charge in [0.1, 0.15) is 10.7 Å². The molecule has 1 aliphatic carbocycles. The van der Waals surface area contributed by atoms with Crippen LogP contribution in [0.1, 0.15) is 25.3 Å². The quantitative estimate of drug-likeness (QED) is 0.822. The summed E-state index contributed by atoms with van der Waals surface area (Å²) in [6.45, 7) is 3.27. The summed E-state index contributed by atoms with van der Waals surface area (Å²) in [5.41, 5.74) is 0.736. The predicted octanol–water partition coefficient (Wildman–Crippen LogP) is 1.38. The van der Waals surface area contributed by atoms with Crippen LogP contribution in [0.4, 0.5) is 4.39 Å². The van der Waals surface area contributed by atoms with Crippen LogP contribution in [0, 0.1) is 5.82 Å². The molecule has 1 fully saturated rings. The van der Waals surface area contributed by atoms with Gasteiger partial charge in [0.25, 0.3) is 0 Å². The molecule has 1 aromatic carbocycles. The Morgan fingerprint density at radius 2 is 2.11 bits per heavy atom. The number of halogens is 1. The summed E-state index contributed by atoms with van der Waals surface area (Å²) in [5.74, 6) is -0.696. The Morgan fingerprint density at radius 3 is 2.67 bits per heavy atom. The zero-order valence-corrected chi connectivity index (χ0v) is 11.1. The van der Waals surface area contributed by atoms with Gasteiger partial charge in [-0.25, -0.2) is 17.5 Å². The van der Waals surface area contributed by atoms with Gasteiger partial charge >= 0.3 is 0 Å². The van der Waals surface area contributed by atoms with Gasteiger partial charge in [-0.1, -0.05) is 13.0 Å². The van der Waals surface area contributed by atoms with Crippen molar-refractivity contribution < 1.29 is 12.8 Å². The standard InChI is InChI=1S/C12H17FN2O2S/c1-2-14-8-9-3-6-12(11(13)7-9)18(16,17)15-10-4-5-10/h3,6-7,10,14-15H,2,4-5,8H2,1H3. The maximum absolute atomic E-state index is 13.8. The maximum Gasteiger partial charge on any atom is 0.243 e. The average molecular weight is 272 g/mol. The summed E-state index contributed by atoms with van der Waals surface area (Å²) in [6.07, 6.45) is 1.67. The highest BCUT2D eigenvalue weighted by Crippen LogP contribution is 2.23. The third-order valence-electron chi connectivity index (χ3n) is 2.76. The van der Waals surface area contributed by atoms with Crippen molar-refractivity contribution >= 4 is 10.0 Å². The average Bonchev–Trinajstić information content (AvgIpc) is 3.09. The summed E-state index contributed by atoms with van der Waals surface area (Å²) in [7, 11) is -3.71. The summed E-state index contributed by atoms with van der Waals surface area (Å²) in [6, 6.07) is 4.21. The van der Waals surface area contributed by atoms with E-state index < -0.39 is 15.8 Å². The molecule has 1 aromatic rings. The molecule has 2 N–H and O–H groups in total. The monoisotopic (exact) mass is 272 g/mol. The highest BCUT2D eigenvalue weighted by atomic mass is 32.2. The molecular weight excluding hydrogens is 255 g/mol. The highest BCUT2D eigenvalue weighted by Gasteiger charge is 2.29. The molecule has 1 aliphatic rings. The second-order valence-corrected chi connectivity index (χ2v) is 6.12. The van der Waals surface area contributed by atoms with Crippen molar-refractivity contribution in [3.05, 3.63) is 29.6 Å². The second-order valence-electron chi connectivity index (χ2n) is 4.44. The molecule has 6 heteroatoms. The van der Waals surface area contributed by atoms with Crippen LogP contribution >= 0.6 is 0 Å². The van der Waals surface area contributed by atoms with Gasteiger partial charge in [0, 0.05) is 12.6 Å². The number of hydrogen-bond donors (Lipinski definition) is 2. The van der Waals surface area contributed by atoms with Crippen LogP contribution in [0.15, 0.2) is 23.1 Å². The third kappa shape index (κ3) is 3.28. The molecule has 18 heavy (non-hydrogen) atoms. The number of sulfonamides is 1. The van der Waals surface area contributed by atoms with Gasteiger partial charge in [-0.2, -0.15) is 0 Å². The minimum atomic E-state index is -3.71. The maximum atomic E-state index is 13.8. The highest BCUT2D eigenvalue weighted by molar-refractivity contribution is 7.89. The molecule has 0 spiro atoms. The van der Waals surface area contributed by atoms with Crippen LogP contribution in [0.5, 0.6) is 0 Å². The van der Waals surface area contributed by atoms with Crippen LogP contribution in [-0.2, 0) is 16.6 Å². The zero-order valence-electron chi connectivity index (χ0n) is 10.2. The van der Waals surface area contributed by atoms with E-state index in [0.717, 1.165) is 24.9 Å². The van der Waals surface area contributed by atoms with Crippen molar-refractivity contribution in [2.45, 2.75) is 37.2 Å². The predicted molar refractivity (Wildman–Crippen MR) is 67.1 cm³/mol. The first-order chi connectivity index (χ1) is 8.53. The molecule has 0 aliphatic heterocycles. The van der Waals surface area contributed by atoms with Crippen molar-refractivity contribution in [3.63, 3.8) is 0 Å². The lowest BCUT2D eigenvalue weighted by Gasteiger charge is -2.08. The van der Waals surface area contributed by atoms with Crippen LogP contribution < -0.4 is 10.0 Å². The van der Waals surface area contributed by atoms with Crippen LogP contribution in [-0.4, -0.2) is 21.0 Å². The molecule has 0 saturated heterocycles. The first kappa shape index (κ1) is 13.5. The summed E-state index contributed by atoms with van der Waals surface area (Å²) >= 11 is 0. The van der Waals surface area contributed by atoms with E-state index in [4.69, 9.17) is 0 Å². The molecule has 1 saturated carbocycles. The van der Waals surface area contributed by atoms with Gasteiger partial charge in [-0.05, 0) is 37.1 Å². The summed E-state index contributed by atoms with van der Waals surface area (Å²) < 4.78 is 40.0. The second kappa shape index (κ2) is 5.34. The molecule has 4 nitrogen and oxygen atoms in total. The van der Waals surface area contributed by atoms with Gasteiger partial charge in [-0.3, -0.25) is 0 Å². The fourth-order valence-corrected chi connectivity index (χ4v) is 2.99. The van der Waals surface area contributed by atoms with Gasteiger partial charge in [0.2, 0.25) is 10.0 Å². The molecule has 0 amide bonds. The van der Waals surface area contributed by atoms with Crippen LogP contribution in [0.2, 0.25) is 0 Å². The van der Waals surface area contributed by atoms with Gasteiger partial charge in [0.15, 0.2) is 0 Å². The molecule has 0 aromatic heterocycles. The molecule has 0 unspecified atom stereocenters. The Hall–Kier alpha value is -0.980. The van der Waals surface area contributed by atoms with Crippen molar-refractivity contribution in [2.75, 3.05) is 6.54 Å². The Morgan fingerprint density at radius 1 is 1.39 bits per heavy atom. The van der Waals surface area contributed by atoms with E-state index in [1.807, 2.05) is 6.92 Å². The molecule has 0 heterocycles. The van der Waals surface area contributed by atoms with E-state index in [9.17, 15) is 12.8 Å². The van der Waals surface area contributed by atoms with E-state index in [1.165, 1.54) is 12.1 Å². The number of rotatable bonds is 6. The Balaban J connectivity index is 2.18. The Bertz CT molecular complexity index is 527. The Labute approximate surface area is 107 Å². The zero-order chi connectivity index (χ0) is 13.2. The van der Waals surface area contributed by atoms with E-state index in [0.29, 0.717) is 6.54 Å². The van der Waals surface area contributed by atoms with Crippen LogP contribution in [0.25, 0.3) is 0 Å². The normalized spacial score (nSPS) is 15.9. The van der Waals surface area contributed by atoms with Crippen molar-refractivity contribution in [1.29, 1.82) is 0 Å². The van der Waals surface area contributed by atoms with Crippen LogP contribution in [0.3, 0.4) is 0 Å². The summed E-state index contributed by atoms with van der Waals surface area (Å²) in [5, 5.41) is 3.06. The lowest BCUT2D eigenvalue weighted by atomic mass is 10.2. The van der Waals surface area contributed by atoms with Gasteiger partial charge < -0.3 is 5.32 Å². The number of benzene rings is 1. The molecule has 0 atom stereocenters. The number of nitrogens with one attached hydrogen (secondary N) is 2. The van der Waals surface area contributed by atoms with Gasteiger partial charge in [0.05, 0.1) is 0 Å². The fourth-order valence-electron chi connectivity index (χ4n) is 1.63. The van der Waals surface area contributed by atoms with Crippen molar-refractivity contribution in [3.8, 4) is 0 Å².